The van der Waals surface area contributed by atoms with Crippen LogP contribution in [0.15, 0.2) is 0 Å². The standard InChI is InChI=1S/C13H20N2O6/c1-8(7-14-12(19)20-13(2,3)4)11(18)21-15-9(16)5-6-10(15)17/h8H,5-7H2,1-4H3,(H,14,19). The Morgan fingerprint density at radius 2 is 1.76 bits per heavy atom. The molecule has 3 amide bonds. The quantitative estimate of drug-likeness (QED) is 0.769. The molecule has 0 aromatic carbocycles. The van der Waals surface area contributed by atoms with Crippen LogP contribution in [0.1, 0.15) is 40.5 Å². The van der Waals surface area contributed by atoms with Crippen LogP contribution in [-0.2, 0) is 24.0 Å². The zero-order valence-corrected chi connectivity index (χ0v) is 12.6. The second kappa shape index (κ2) is 6.55. The largest absolute Gasteiger partial charge is 0.444 e. The van der Waals surface area contributed by atoms with E-state index in [2.05, 4.69) is 5.32 Å². The number of imide groups is 1. The highest BCUT2D eigenvalue weighted by Crippen LogP contribution is 2.13. The maximum absolute atomic E-state index is 11.7. The molecule has 1 unspecified atom stereocenters. The van der Waals surface area contributed by atoms with E-state index in [9.17, 15) is 19.2 Å². The zero-order chi connectivity index (χ0) is 16.2. The molecule has 0 aromatic heterocycles. The van der Waals surface area contributed by atoms with Crippen molar-refractivity contribution in [2.75, 3.05) is 6.54 Å². The number of hydrogen-bond donors (Lipinski definition) is 1. The SMILES string of the molecule is CC(CNC(=O)OC(C)(C)C)C(=O)ON1C(=O)CCC1=O. The fourth-order valence-electron chi connectivity index (χ4n) is 1.47. The first-order valence-corrected chi connectivity index (χ1v) is 6.64. The monoisotopic (exact) mass is 300 g/mol. The molecule has 1 rings (SSSR count). The predicted octanol–water partition coefficient (Wildman–Crippen LogP) is 0.754. The van der Waals surface area contributed by atoms with Gasteiger partial charge in [0.1, 0.15) is 5.60 Å². The van der Waals surface area contributed by atoms with Crippen LogP contribution in [-0.4, -0.2) is 41.1 Å². The van der Waals surface area contributed by atoms with Gasteiger partial charge in [0, 0.05) is 19.4 Å². The lowest BCUT2D eigenvalue weighted by atomic mass is 10.2. The van der Waals surface area contributed by atoms with Crippen molar-refractivity contribution >= 4 is 23.9 Å². The Labute approximate surface area is 122 Å². The summed E-state index contributed by atoms with van der Waals surface area (Å²) < 4.78 is 5.01. The summed E-state index contributed by atoms with van der Waals surface area (Å²) in [5.74, 6) is -2.57. The molecular formula is C13H20N2O6. The van der Waals surface area contributed by atoms with Crippen molar-refractivity contribution in [3.63, 3.8) is 0 Å². The normalized spacial score (nSPS) is 16.7. The van der Waals surface area contributed by atoms with E-state index in [1.165, 1.54) is 6.92 Å². The van der Waals surface area contributed by atoms with E-state index in [1.54, 1.807) is 20.8 Å². The lowest BCUT2D eigenvalue weighted by Gasteiger charge is -2.21. The molecule has 21 heavy (non-hydrogen) atoms. The van der Waals surface area contributed by atoms with Crippen LogP contribution in [0.2, 0.25) is 0 Å². The van der Waals surface area contributed by atoms with E-state index in [-0.39, 0.29) is 19.4 Å². The fraction of sp³-hybridized carbons (Fsp3) is 0.692. The molecule has 1 aliphatic heterocycles. The smallest absolute Gasteiger partial charge is 0.407 e. The van der Waals surface area contributed by atoms with Gasteiger partial charge in [-0.25, -0.2) is 9.59 Å². The molecule has 0 aliphatic carbocycles. The summed E-state index contributed by atoms with van der Waals surface area (Å²) in [6.07, 6.45) is -0.580. The van der Waals surface area contributed by atoms with E-state index in [4.69, 9.17) is 9.57 Å². The number of ether oxygens (including phenoxy) is 1. The van der Waals surface area contributed by atoms with Crippen LogP contribution < -0.4 is 5.32 Å². The van der Waals surface area contributed by atoms with Crippen molar-refractivity contribution in [1.82, 2.24) is 10.4 Å². The lowest BCUT2D eigenvalue weighted by Crippen LogP contribution is -2.39. The number of hydrogen-bond acceptors (Lipinski definition) is 6. The zero-order valence-electron chi connectivity index (χ0n) is 12.6. The molecular weight excluding hydrogens is 280 g/mol. The van der Waals surface area contributed by atoms with E-state index in [0.717, 1.165) is 0 Å². The average Bonchev–Trinajstić information content (AvgIpc) is 2.65. The summed E-state index contributed by atoms with van der Waals surface area (Å²) >= 11 is 0. The second-order valence-electron chi connectivity index (χ2n) is 5.78. The second-order valence-corrected chi connectivity index (χ2v) is 5.78. The Morgan fingerprint density at radius 3 is 2.24 bits per heavy atom. The minimum Gasteiger partial charge on any atom is -0.444 e. The van der Waals surface area contributed by atoms with Gasteiger partial charge >= 0.3 is 12.1 Å². The first-order chi connectivity index (χ1) is 9.60. The number of carbonyl (C=O) groups is 4. The van der Waals surface area contributed by atoms with Crippen molar-refractivity contribution in [2.24, 2.45) is 5.92 Å². The number of hydroxylamine groups is 2. The van der Waals surface area contributed by atoms with Crippen LogP contribution in [0.5, 0.6) is 0 Å². The summed E-state index contributed by atoms with van der Waals surface area (Å²) in [7, 11) is 0. The molecule has 1 atom stereocenters. The molecule has 8 heteroatoms. The molecule has 1 N–H and O–H groups in total. The van der Waals surface area contributed by atoms with Crippen molar-refractivity contribution < 1.29 is 28.8 Å². The van der Waals surface area contributed by atoms with E-state index < -0.39 is 35.4 Å². The summed E-state index contributed by atoms with van der Waals surface area (Å²) in [5.41, 5.74) is -0.637. The third kappa shape index (κ3) is 5.41. The highest BCUT2D eigenvalue weighted by Gasteiger charge is 2.34. The van der Waals surface area contributed by atoms with Crippen LogP contribution in [0.25, 0.3) is 0 Å². The Bertz CT molecular complexity index is 438. The van der Waals surface area contributed by atoms with Crippen molar-refractivity contribution in [3.05, 3.63) is 0 Å². The minimum absolute atomic E-state index is 0.0238. The highest BCUT2D eigenvalue weighted by molar-refractivity contribution is 6.01. The molecule has 0 radical (unpaired) electrons. The Hall–Kier alpha value is -2.12. The average molecular weight is 300 g/mol. The molecule has 1 fully saturated rings. The third-order valence-electron chi connectivity index (χ3n) is 2.54. The van der Waals surface area contributed by atoms with Gasteiger partial charge < -0.3 is 14.9 Å². The van der Waals surface area contributed by atoms with Gasteiger partial charge in [-0.15, -0.1) is 5.06 Å². The van der Waals surface area contributed by atoms with Gasteiger partial charge in [-0.3, -0.25) is 9.59 Å². The lowest BCUT2D eigenvalue weighted by molar-refractivity contribution is -0.200. The topological polar surface area (TPSA) is 102 Å². The summed E-state index contributed by atoms with van der Waals surface area (Å²) in [6.45, 7) is 6.63. The number of amides is 3. The van der Waals surface area contributed by atoms with Gasteiger partial charge in [0.15, 0.2) is 0 Å². The number of carbonyl (C=O) groups excluding carboxylic acids is 4. The van der Waals surface area contributed by atoms with Gasteiger partial charge in [-0.1, -0.05) is 6.92 Å². The van der Waals surface area contributed by atoms with Gasteiger partial charge in [-0.05, 0) is 20.8 Å². The van der Waals surface area contributed by atoms with Crippen LogP contribution >= 0.6 is 0 Å². The minimum atomic E-state index is -0.769. The molecule has 1 heterocycles. The molecule has 0 bridgehead atoms. The van der Waals surface area contributed by atoms with Crippen LogP contribution in [0.4, 0.5) is 4.79 Å². The van der Waals surface area contributed by atoms with Crippen LogP contribution in [0.3, 0.4) is 0 Å². The Balaban J connectivity index is 2.39. The molecule has 0 saturated carbocycles. The van der Waals surface area contributed by atoms with E-state index >= 15 is 0 Å². The first-order valence-electron chi connectivity index (χ1n) is 6.64. The molecule has 0 spiro atoms. The Morgan fingerprint density at radius 1 is 1.24 bits per heavy atom. The van der Waals surface area contributed by atoms with E-state index in [0.29, 0.717) is 5.06 Å². The van der Waals surface area contributed by atoms with Gasteiger partial charge in [0.05, 0.1) is 5.92 Å². The Kier molecular flexibility index (Phi) is 5.28. The third-order valence-corrected chi connectivity index (χ3v) is 2.54. The fourth-order valence-corrected chi connectivity index (χ4v) is 1.47. The summed E-state index contributed by atoms with van der Waals surface area (Å²) in [6, 6.07) is 0. The number of nitrogens with one attached hydrogen (secondary N) is 1. The number of nitrogens with zero attached hydrogens (tertiary/aromatic N) is 1. The number of alkyl carbamates (subject to hydrolysis) is 1. The molecule has 1 saturated heterocycles. The predicted molar refractivity (Wildman–Crippen MR) is 70.6 cm³/mol. The molecule has 8 nitrogen and oxygen atoms in total. The maximum atomic E-state index is 11.7. The molecule has 0 aromatic rings. The van der Waals surface area contributed by atoms with Crippen molar-refractivity contribution in [3.8, 4) is 0 Å². The van der Waals surface area contributed by atoms with Crippen molar-refractivity contribution in [1.29, 1.82) is 0 Å². The van der Waals surface area contributed by atoms with Gasteiger partial charge in [0.2, 0.25) is 0 Å². The maximum Gasteiger partial charge on any atom is 0.407 e. The van der Waals surface area contributed by atoms with Crippen molar-refractivity contribution in [2.45, 2.75) is 46.1 Å². The van der Waals surface area contributed by atoms with E-state index in [1.807, 2.05) is 0 Å². The van der Waals surface area contributed by atoms with Gasteiger partial charge in [-0.2, -0.15) is 0 Å². The molecule has 118 valence electrons. The van der Waals surface area contributed by atoms with Gasteiger partial charge in [0.25, 0.3) is 11.8 Å². The summed E-state index contributed by atoms with van der Waals surface area (Å²) in [4.78, 5) is 50.5. The number of rotatable bonds is 4. The first kappa shape index (κ1) is 16.9. The van der Waals surface area contributed by atoms with Crippen LogP contribution in [0, 0.1) is 5.92 Å². The highest BCUT2D eigenvalue weighted by atomic mass is 16.7. The summed E-state index contributed by atoms with van der Waals surface area (Å²) in [5, 5.41) is 2.90. The molecule has 1 aliphatic rings.